The van der Waals surface area contributed by atoms with E-state index in [4.69, 9.17) is 22.4 Å². The fourth-order valence-corrected chi connectivity index (χ4v) is 3.78. The summed E-state index contributed by atoms with van der Waals surface area (Å²) in [6.07, 6.45) is 3.11. The van der Waals surface area contributed by atoms with Crippen LogP contribution in [-0.4, -0.2) is 20.4 Å². The van der Waals surface area contributed by atoms with Crippen LogP contribution in [0, 0.1) is 10.2 Å². The van der Waals surface area contributed by atoms with E-state index in [9.17, 15) is 9.90 Å². The molecule has 0 spiro atoms. The Hall–Kier alpha value is -3.36. The number of rotatable bonds is 4. The van der Waals surface area contributed by atoms with Gasteiger partial charge in [-0.1, -0.05) is 30.0 Å². The van der Waals surface area contributed by atoms with Gasteiger partial charge in [0.2, 0.25) is 5.88 Å². The summed E-state index contributed by atoms with van der Waals surface area (Å²) in [6.45, 7) is 0. The van der Waals surface area contributed by atoms with Crippen molar-refractivity contribution in [3.63, 3.8) is 0 Å². The van der Waals surface area contributed by atoms with E-state index in [1.165, 1.54) is 22.4 Å². The number of allylic oxidation sites excluding steroid dienone is 2. The van der Waals surface area contributed by atoms with Crippen molar-refractivity contribution in [3.05, 3.63) is 91.7 Å². The minimum Gasteiger partial charge on any atom is -0.494 e. The Kier molecular flexibility index (Phi) is 5.20. The van der Waals surface area contributed by atoms with Crippen molar-refractivity contribution in [1.29, 1.82) is 5.41 Å². The fraction of sp³-hybridized carbons (Fsp3) is 0. The topological polar surface area (TPSA) is 91.1 Å². The fourth-order valence-electron chi connectivity index (χ4n) is 2.76. The molecule has 2 heterocycles. The normalized spacial score (nSPS) is 14.5. The molecule has 0 bridgehead atoms. The van der Waals surface area contributed by atoms with Crippen LogP contribution in [-0.2, 0) is 0 Å². The van der Waals surface area contributed by atoms with Crippen molar-refractivity contribution in [2.45, 2.75) is 0 Å². The average molecular weight is 422 g/mol. The summed E-state index contributed by atoms with van der Waals surface area (Å²) < 4.78 is 7.21. The lowest BCUT2D eigenvalue weighted by molar-refractivity contribution is 0.431. The predicted molar refractivity (Wildman–Crippen MR) is 118 cm³/mol. The molecule has 3 aromatic rings. The molecule has 1 aliphatic rings. The molecule has 29 heavy (non-hydrogen) atoms. The molecule has 0 aliphatic carbocycles. The number of aromatic hydroxyl groups is 1. The third-order valence-electron chi connectivity index (χ3n) is 4.17. The van der Waals surface area contributed by atoms with Gasteiger partial charge in [-0.2, -0.15) is 0 Å². The van der Waals surface area contributed by atoms with Crippen LogP contribution >= 0.6 is 24.0 Å². The number of thioether (sulfide) groups is 1. The number of benzene rings is 2. The van der Waals surface area contributed by atoms with Crippen LogP contribution in [0.3, 0.4) is 0 Å². The van der Waals surface area contributed by atoms with Gasteiger partial charge < -0.3 is 9.84 Å². The molecule has 4 rings (SSSR count). The third kappa shape index (κ3) is 3.94. The SMILES string of the molecule is N=C1C=CSC1=Cc1c(O)n(-c2ccc(Oc3ccccc3)cc2)c(=S)[nH]c1=O. The van der Waals surface area contributed by atoms with Gasteiger partial charge in [0.15, 0.2) is 4.77 Å². The van der Waals surface area contributed by atoms with E-state index < -0.39 is 5.56 Å². The Morgan fingerprint density at radius 2 is 1.79 bits per heavy atom. The molecule has 6 nitrogen and oxygen atoms in total. The summed E-state index contributed by atoms with van der Waals surface area (Å²) in [7, 11) is 0. The van der Waals surface area contributed by atoms with Crippen molar-refractivity contribution < 1.29 is 9.84 Å². The second-order valence-corrected chi connectivity index (χ2v) is 7.42. The molecule has 0 unspecified atom stereocenters. The lowest BCUT2D eigenvalue weighted by Gasteiger charge is -2.13. The van der Waals surface area contributed by atoms with E-state index in [0.29, 0.717) is 22.1 Å². The second-order valence-electron chi connectivity index (χ2n) is 6.08. The van der Waals surface area contributed by atoms with Gasteiger partial charge in [0.25, 0.3) is 5.56 Å². The molecule has 0 amide bonds. The van der Waals surface area contributed by atoms with E-state index in [1.54, 1.807) is 35.7 Å². The molecular weight excluding hydrogens is 406 g/mol. The van der Waals surface area contributed by atoms with Gasteiger partial charge in [-0.15, -0.1) is 0 Å². The number of para-hydroxylation sites is 1. The Morgan fingerprint density at radius 1 is 1.10 bits per heavy atom. The summed E-state index contributed by atoms with van der Waals surface area (Å²) in [4.78, 5) is 15.5. The molecule has 1 aromatic heterocycles. The number of nitrogens with one attached hydrogen (secondary N) is 2. The van der Waals surface area contributed by atoms with Gasteiger partial charge >= 0.3 is 0 Å². The summed E-state index contributed by atoms with van der Waals surface area (Å²) in [5.41, 5.74) is 0.376. The maximum Gasteiger partial charge on any atom is 0.262 e. The van der Waals surface area contributed by atoms with Gasteiger partial charge in [0.1, 0.15) is 17.1 Å². The monoisotopic (exact) mass is 421 g/mol. The lowest BCUT2D eigenvalue weighted by Crippen LogP contribution is -2.16. The number of aromatic nitrogens is 2. The second kappa shape index (κ2) is 7.94. The minimum atomic E-state index is -0.513. The molecule has 0 atom stereocenters. The first-order valence-corrected chi connectivity index (χ1v) is 9.87. The zero-order valence-corrected chi connectivity index (χ0v) is 16.6. The Labute approximate surface area is 175 Å². The lowest BCUT2D eigenvalue weighted by atomic mass is 10.2. The van der Waals surface area contributed by atoms with Crippen molar-refractivity contribution in [1.82, 2.24) is 9.55 Å². The molecule has 0 saturated heterocycles. The quantitative estimate of drug-likeness (QED) is 0.515. The van der Waals surface area contributed by atoms with Crippen LogP contribution < -0.4 is 10.3 Å². The summed E-state index contributed by atoms with van der Waals surface area (Å²) >= 11 is 6.56. The molecule has 2 aromatic carbocycles. The molecule has 0 fully saturated rings. The predicted octanol–water partition coefficient (Wildman–Crippen LogP) is 5.01. The third-order valence-corrected chi connectivity index (χ3v) is 5.31. The maximum absolute atomic E-state index is 12.3. The van der Waals surface area contributed by atoms with Gasteiger partial charge in [-0.05, 0) is 66.2 Å². The van der Waals surface area contributed by atoms with E-state index in [0.717, 1.165) is 0 Å². The van der Waals surface area contributed by atoms with Crippen molar-refractivity contribution in [2.24, 2.45) is 0 Å². The molecule has 0 radical (unpaired) electrons. The highest BCUT2D eigenvalue weighted by atomic mass is 32.2. The van der Waals surface area contributed by atoms with Crippen molar-refractivity contribution in [3.8, 4) is 23.1 Å². The minimum absolute atomic E-state index is 0.0409. The number of ether oxygens (including phenoxy) is 1. The first-order valence-electron chi connectivity index (χ1n) is 8.58. The number of H-pyrrole nitrogens is 1. The van der Waals surface area contributed by atoms with Crippen LogP contribution in [0.1, 0.15) is 5.56 Å². The standard InChI is InChI=1S/C21H15N3O3S2/c22-17-10-11-29-18(17)12-16-19(25)23-21(28)24(20(16)26)13-6-8-15(9-7-13)27-14-4-2-1-3-5-14/h1-12,22,26H,(H,23,25,28). The Morgan fingerprint density at radius 3 is 2.45 bits per heavy atom. The van der Waals surface area contributed by atoms with E-state index >= 15 is 0 Å². The van der Waals surface area contributed by atoms with Crippen LogP contribution in [0.4, 0.5) is 0 Å². The largest absolute Gasteiger partial charge is 0.494 e. The zero-order chi connectivity index (χ0) is 20.4. The van der Waals surface area contributed by atoms with Crippen molar-refractivity contribution in [2.75, 3.05) is 0 Å². The maximum atomic E-state index is 12.3. The summed E-state index contributed by atoms with van der Waals surface area (Å²) in [5, 5.41) is 20.4. The van der Waals surface area contributed by atoms with Crippen LogP contribution in [0.5, 0.6) is 17.4 Å². The van der Waals surface area contributed by atoms with E-state index in [2.05, 4.69) is 4.98 Å². The smallest absolute Gasteiger partial charge is 0.262 e. The number of hydrogen-bond donors (Lipinski definition) is 3. The average Bonchev–Trinajstić information content (AvgIpc) is 3.12. The first-order chi connectivity index (χ1) is 14.0. The van der Waals surface area contributed by atoms with Crippen LogP contribution in [0.2, 0.25) is 0 Å². The Bertz CT molecular complexity index is 1260. The number of hydrogen-bond acceptors (Lipinski definition) is 6. The van der Waals surface area contributed by atoms with Gasteiger partial charge in [-0.3, -0.25) is 19.8 Å². The molecular formula is C21H15N3O3S2. The summed E-state index contributed by atoms with van der Waals surface area (Å²) in [5.74, 6) is 1.05. The van der Waals surface area contributed by atoms with Crippen LogP contribution in [0.15, 0.2) is 75.8 Å². The molecule has 0 saturated carbocycles. The van der Waals surface area contributed by atoms with Gasteiger partial charge in [0, 0.05) is 4.91 Å². The van der Waals surface area contributed by atoms with E-state index in [1.807, 2.05) is 30.3 Å². The molecule has 8 heteroatoms. The Balaban J connectivity index is 1.71. The number of nitrogens with zero attached hydrogens (tertiary/aromatic N) is 1. The van der Waals surface area contributed by atoms with Crippen molar-refractivity contribution >= 4 is 35.8 Å². The molecule has 3 N–H and O–H groups in total. The molecule has 144 valence electrons. The van der Waals surface area contributed by atoms with Gasteiger partial charge in [-0.25, -0.2) is 0 Å². The van der Waals surface area contributed by atoms with E-state index in [-0.39, 0.29) is 21.9 Å². The molecule has 1 aliphatic heterocycles. The summed E-state index contributed by atoms with van der Waals surface area (Å²) in [6, 6.07) is 16.3. The zero-order valence-electron chi connectivity index (χ0n) is 15.0. The van der Waals surface area contributed by atoms with Crippen LogP contribution in [0.25, 0.3) is 11.8 Å². The highest BCUT2D eigenvalue weighted by Crippen LogP contribution is 2.30. The number of aromatic amines is 1. The first kappa shape index (κ1) is 19.0. The highest BCUT2D eigenvalue weighted by Gasteiger charge is 2.16. The van der Waals surface area contributed by atoms with Gasteiger partial charge in [0.05, 0.1) is 11.4 Å². The highest BCUT2D eigenvalue weighted by molar-refractivity contribution is 8.07.